The molecule has 1 N–H and O–H groups in total. The molecule has 0 aliphatic carbocycles. The van der Waals surface area contributed by atoms with Crippen molar-refractivity contribution in [3.63, 3.8) is 0 Å². The highest BCUT2D eigenvalue weighted by atomic mass is 32.2. The van der Waals surface area contributed by atoms with E-state index in [1.54, 1.807) is 0 Å². The number of amidine groups is 1. The summed E-state index contributed by atoms with van der Waals surface area (Å²) >= 11 is 1.85. The molecule has 3 nitrogen and oxygen atoms in total. The number of nitrogens with zero attached hydrogens (tertiary/aromatic N) is 1. The summed E-state index contributed by atoms with van der Waals surface area (Å²) in [7, 11) is 0. The third-order valence-corrected chi connectivity index (χ3v) is 3.90. The lowest BCUT2D eigenvalue weighted by Crippen LogP contribution is -2.31. The maximum atomic E-state index is 5.50. The molecule has 0 aromatic rings. The first-order chi connectivity index (χ1) is 8.24. The standard InChI is InChI=1S/C13H26N2OS/c1-4-5-8-16-9-6-7-14-13-15-12(10-17-13)11(2)3/h11-12H,4-10H2,1-3H3,(H,14,15)/t12-/m1/s1. The van der Waals surface area contributed by atoms with E-state index >= 15 is 0 Å². The molecule has 0 spiro atoms. The second-order valence-corrected chi connectivity index (χ2v) is 5.82. The van der Waals surface area contributed by atoms with E-state index in [2.05, 4.69) is 31.1 Å². The summed E-state index contributed by atoms with van der Waals surface area (Å²) in [6.07, 6.45) is 3.41. The first-order valence-electron chi connectivity index (χ1n) is 6.75. The summed E-state index contributed by atoms with van der Waals surface area (Å²) in [6, 6.07) is 0.597. The van der Waals surface area contributed by atoms with Gasteiger partial charge in [-0.25, -0.2) is 0 Å². The van der Waals surface area contributed by atoms with Crippen LogP contribution in [0.15, 0.2) is 4.99 Å². The molecule has 1 atom stereocenters. The Morgan fingerprint density at radius 1 is 1.41 bits per heavy atom. The van der Waals surface area contributed by atoms with Crippen LogP contribution in [-0.2, 0) is 4.74 Å². The number of ether oxygens (including phenoxy) is 1. The lowest BCUT2D eigenvalue weighted by molar-refractivity contribution is 0.130. The van der Waals surface area contributed by atoms with Gasteiger partial charge in [0, 0.05) is 31.6 Å². The van der Waals surface area contributed by atoms with Gasteiger partial charge in [0.2, 0.25) is 0 Å². The second-order valence-electron chi connectivity index (χ2n) is 4.81. The number of thioether (sulfide) groups is 1. The number of hydrogen-bond donors (Lipinski definition) is 1. The van der Waals surface area contributed by atoms with Gasteiger partial charge in [-0.1, -0.05) is 39.0 Å². The Hall–Kier alpha value is -0.220. The molecule has 1 aliphatic heterocycles. The third-order valence-electron chi connectivity index (χ3n) is 2.86. The van der Waals surface area contributed by atoms with Gasteiger partial charge < -0.3 is 10.1 Å². The molecule has 0 saturated carbocycles. The molecule has 1 heterocycles. The van der Waals surface area contributed by atoms with Crippen LogP contribution in [0.1, 0.15) is 40.0 Å². The van der Waals surface area contributed by atoms with Crippen molar-refractivity contribution >= 4 is 16.9 Å². The summed E-state index contributed by atoms with van der Waals surface area (Å²) < 4.78 is 5.50. The van der Waals surface area contributed by atoms with E-state index in [9.17, 15) is 0 Å². The fourth-order valence-corrected chi connectivity index (χ4v) is 2.78. The second kappa shape index (κ2) is 8.81. The van der Waals surface area contributed by atoms with Crippen LogP contribution in [0.25, 0.3) is 0 Å². The van der Waals surface area contributed by atoms with Gasteiger partial charge in [-0.15, -0.1) is 0 Å². The molecule has 0 bridgehead atoms. The van der Waals surface area contributed by atoms with Crippen molar-refractivity contribution in [3.8, 4) is 0 Å². The van der Waals surface area contributed by atoms with Crippen molar-refractivity contribution in [1.29, 1.82) is 0 Å². The van der Waals surface area contributed by atoms with Gasteiger partial charge in [0.25, 0.3) is 0 Å². The molecule has 1 rings (SSSR count). The molecular formula is C13H26N2OS. The maximum absolute atomic E-state index is 5.50. The maximum Gasteiger partial charge on any atom is 0.156 e. The predicted molar refractivity (Wildman–Crippen MR) is 76.9 cm³/mol. The van der Waals surface area contributed by atoms with Gasteiger partial charge in [-0.3, -0.25) is 4.99 Å². The Bertz CT molecular complexity index is 231. The van der Waals surface area contributed by atoms with Gasteiger partial charge in [0.15, 0.2) is 5.17 Å². The topological polar surface area (TPSA) is 33.6 Å². The summed E-state index contributed by atoms with van der Waals surface area (Å²) in [5, 5.41) is 4.60. The fraction of sp³-hybridized carbons (Fsp3) is 0.923. The number of aliphatic imine (C=N–C) groups is 1. The highest BCUT2D eigenvalue weighted by Crippen LogP contribution is 2.18. The monoisotopic (exact) mass is 258 g/mol. The summed E-state index contributed by atoms with van der Waals surface area (Å²) in [4.78, 5) is 4.56. The minimum atomic E-state index is 0.597. The van der Waals surface area contributed by atoms with Crippen LogP contribution in [0, 0.1) is 5.92 Å². The molecule has 100 valence electrons. The van der Waals surface area contributed by atoms with Gasteiger partial charge in [0.05, 0.1) is 0 Å². The van der Waals surface area contributed by atoms with Crippen LogP contribution in [0.3, 0.4) is 0 Å². The molecule has 17 heavy (non-hydrogen) atoms. The van der Waals surface area contributed by atoms with Crippen molar-refractivity contribution in [2.75, 3.05) is 25.5 Å². The van der Waals surface area contributed by atoms with E-state index in [1.165, 1.54) is 12.8 Å². The Morgan fingerprint density at radius 2 is 2.18 bits per heavy atom. The molecule has 0 unspecified atom stereocenters. The number of rotatable bonds is 8. The highest BCUT2D eigenvalue weighted by molar-refractivity contribution is 8.14. The lowest BCUT2D eigenvalue weighted by atomic mass is 10.1. The number of unbranched alkanes of at least 4 members (excludes halogenated alkanes) is 1. The van der Waals surface area contributed by atoms with Crippen LogP contribution < -0.4 is 5.32 Å². The molecule has 1 aliphatic rings. The van der Waals surface area contributed by atoms with Crippen LogP contribution >= 0.6 is 11.8 Å². The third kappa shape index (κ3) is 6.32. The molecule has 0 amide bonds. The normalized spacial score (nSPS) is 22.4. The Kier molecular flexibility index (Phi) is 7.69. The van der Waals surface area contributed by atoms with Gasteiger partial charge in [0.1, 0.15) is 0 Å². The molecule has 1 fully saturated rings. The zero-order valence-electron chi connectivity index (χ0n) is 11.4. The first kappa shape index (κ1) is 14.8. The lowest BCUT2D eigenvalue weighted by Gasteiger charge is -2.13. The molecule has 1 saturated heterocycles. The zero-order valence-corrected chi connectivity index (χ0v) is 12.2. The van der Waals surface area contributed by atoms with E-state index in [0.29, 0.717) is 12.0 Å². The minimum absolute atomic E-state index is 0.597. The zero-order chi connectivity index (χ0) is 12.5. The van der Waals surface area contributed by atoms with Gasteiger partial charge in [-0.05, 0) is 18.8 Å². The Balaban J connectivity index is 2.02. The van der Waals surface area contributed by atoms with Gasteiger partial charge in [-0.2, -0.15) is 0 Å². The van der Waals surface area contributed by atoms with E-state index in [0.717, 1.165) is 37.1 Å². The van der Waals surface area contributed by atoms with Crippen molar-refractivity contribution in [2.24, 2.45) is 10.9 Å². The van der Waals surface area contributed by atoms with Crippen molar-refractivity contribution in [3.05, 3.63) is 0 Å². The van der Waals surface area contributed by atoms with Crippen LogP contribution in [0.2, 0.25) is 0 Å². The number of hydrogen-bond acceptors (Lipinski definition) is 3. The average Bonchev–Trinajstić information content (AvgIpc) is 2.77. The van der Waals surface area contributed by atoms with Crippen molar-refractivity contribution in [2.45, 2.75) is 46.1 Å². The predicted octanol–water partition coefficient (Wildman–Crippen LogP) is 2.91. The molecule has 0 aromatic heterocycles. The summed E-state index contributed by atoms with van der Waals surface area (Å²) in [5.74, 6) is 1.84. The van der Waals surface area contributed by atoms with E-state index < -0.39 is 0 Å². The van der Waals surface area contributed by atoms with Crippen LogP contribution in [0.4, 0.5) is 0 Å². The average molecular weight is 258 g/mol. The van der Waals surface area contributed by atoms with Crippen molar-refractivity contribution < 1.29 is 4.74 Å². The van der Waals surface area contributed by atoms with Crippen molar-refractivity contribution in [1.82, 2.24) is 5.32 Å². The molecule has 4 heteroatoms. The molecular weight excluding hydrogens is 232 g/mol. The first-order valence-corrected chi connectivity index (χ1v) is 7.74. The number of nitrogens with one attached hydrogen (secondary N) is 1. The molecule has 0 aromatic carbocycles. The quantitative estimate of drug-likeness (QED) is 0.680. The van der Waals surface area contributed by atoms with Crippen LogP contribution in [-0.4, -0.2) is 36.7 Å². The fourth-order valence-electron chi connectivity index (χ4n) is 1.56. The van der Waals surface area contributed by atoms with E-state index in [1.807, 2.05) is 11.8 Å². The largest absolute Gasteiger partial charge is 0.381 e. The minimum Gasteiger partial charge on any atom is -0.381 e. The van der Waals surface area contributed by atoms with E-state index in [-0.39, 0.29) is 0 Å². The molecule has 0 radical (unpaired) electrons. The smallest absolute Gasteiger partial charge is 0.156 e. The van der Waals surface area contributed by atoms with Crippen LogP contribution in [0.5, 0.6) is 0 Å². The van der Waals surface area contributed by atoms with Gasteiger partial charge >= 0.3 is 0 Å². The SMILES string of the molecule is CCCCOCCCN=C1N[C@@H](C(C)C)CS1. The highest BCUT2D eigenvalue weighted by Gasteiger charge is 2.22. The Morgan fingerprint density at radius 3 is 2.82 bits per heavy atom. The summed E-state index contributed by atoms with van der Waals surface area (Å²) in [5.41, 5.74) is 0. The Labute approximate surface area is 110 Å². The van der Waals surface area contributed by atoms with E-state index in [4.69, 9.17) is 4.74 Å². The summed E-state index contributed by atoms with van der Waals surface area (Å²) in [6.45, 7) is 9.31.